The van der Waals surface area contributed by atoms with Crippen molar-refractivity contribution >= 4 is 17.6 Å². The second-order valence-corrected chi connectivity index (χ2v) is 7.59. The fraction of sp³-hybridized carbons (Fsp3) is 0.600. The van der Waals surface area contributed by atoms with Crippen molar-refractivity contribution in [2.75, 3.05) is 45.2 Å². The number of likely N-dealkylation sites (tertiary alicyclic amines) is 1. The summed E-state index contributed by atoms with van der Waals surface area (Å²) in [7, 11) is 1.58. The number of nitrogens with zero attached hydrogens (tertiary/aromatic N) is 2. The van der Waals surface area contributed by atoms with Crippen molar-refractivity contribution in [3.05, 3.63) is 24.3 Å². The number of amides is 3. The van der Waals surface area contributed by atoms with E-state index >= 15 is 0 Å². The number of hydrogen-bond acceptors (Lipinski definition) is 5. The minimum absolute atomic E-state index is 0.237. The van der Waals surface area contributed by atoms with Crippen LogP contribution in [0.3, 0.4) is 0 Å². The highest BCUT2D eigenvalue weighted by Crippen LogP contribution is 2.28. The highest BCUT2D eigenvalue weighted by molar-refractivity contribution is 5.91. The third-order valence-electron chi connectivity index (χ3n) is 5.88. The molecule has 2 aliphatic rings. The molecule has 0 aliphatic carbocycles. The monoisotopic (exact) mass is 389 g/mol. The standard InChI is InChI=1S/C20H31N5O3/c1-3-24-10-5-7-16(24)13-20(18(21)26)14-25(11-9-22-20)19(27)23-15-6-4-8-17(12-15)28-2/h4,6,8,12,16,22H,3,5,7,9-11,13-14H2,1-2H3,(H2,21,26)(H,23,27). The number of primary amides is 1. The van der Waals surface area contributed by atoms with Crippen LogP contribution in [0.5, 0.6) is 5.75 Å². The number of hydrogen-bond donors (Lipinski definition) is 3. The number of carbonyl (C=O) groups is 2. The molecular formula is C20H31N5O3. The minimum Gasteiger partial charge on any atom is -0.497 e. The van der Waals surface area contributed by atoms with Gasteiger partial charge in [-0.2, -0.15) is 0 Å². The number of benzene rings is 1. The van der Waals surface area contributed by atoms with Crippen LogP contribution in [0.4, 0.5) is 10.5 Å². The molecule has 0 spiro atoms. The van der Waals surface area contributed by atoms with E-state index in [1.54, 1.807) is 18.1 Å². The van der Waals surface area contributed by atoms with Gasteiger partial charge in [0.25, 0.3) is 0 Å². The van der Waals surface area contributed by atoms with Crippen LogP contribution in [0.25, 0.3) is 0 Å². The Hall–Kier alpha value is -2.32. The molecule has 0 saturated carbocycles. The first-order valence-electron chi connectivity index (χ1n) is 9.96. The van der Waals surface area contributed by atoms with E-state index in [0.717, 1.165) is 25.9 Å². The van der Waals surface area contributed by atoms with Crippen LogP contribution in [0.1, 0.15) is 26.2 Å². The molecule has 1 aromatic carbocycles. The lowest BCUT2D eigenvalue weighted by Crippen LogP contribution is -2.69. The van der Waals surface area contributed by atoms with Gasteiger partial charge in [-0.05, 0) is 44.5 Å². The van der Waals surface area contributed by atoms with Gasteiger partial charge in [-0.25, -0.2) is 4.79 Å². The number of nitrogens with one attached hydrogen (secondary N) is 2. The molecule has 2 saturated heterocycles. The van der Waals surface area contributed by atoms with Gasteiger partial charge in [-0.3, -0.25) is 4.79 Å². The number of ether oxygens (including phenoxy) is 1. The summed E-state index contributed by atoms with van der Waals surface area (Å²) in [5, 5.41) is 6.22. The van der Waals surface area contributed by atoms with Gasteiger partial charge in [-0.15, -0.1) is 0 Å². The first-order chi connectivity index (χ1) is 13.5. The van der Waals surface area contributed by atoms with E-state index < -0.39 is 11.4 Å². The van der Waals surface area contributed by atoms with E-state index in [-0.39, 0.29) is 12.6 Å². The Morgan fingerprint density at radius 2 is 2.21 bits per heavy atom. The second kappa shape index (κ2) is 8.79. The molecule has 2 atom stereocenters. The fourth-order valence-electron chi connectivity index (χ4n) is 4.31. The van der Waals surface area contributed by atoms with Crippen LogP contribution in [-0.4, -0.2) is 73.2 Å². The largest absolute Gasteiger partial charge is 0.497 e. The van der Waals surface area contributed by atoms with Gasteiger partial charge in [0.05, 0.1) is 7.11 Å². The third kappa shape index (κ3) is 4.39. The Morgan fingerprint density at radius 1 is 1.39 bits per heavy atom. The maximum atomic E-state index is 12.8. The predicted octanol–water partition coefficient (Wildman–Crippen LogP) is 1.23. The van der Waals surface area contributed by atoms with Crippen molar-refractivity contribution in [1.29, 1.82) is 0 Å². The highest BCUT2D eigenvalue weighted by atomic mass is 16.5. The fourth-order valence-corrected chi connectivity index (χ4v) is 4.31. The summed E-state index contributed by atoms with van der Waals surface area (Å²) in [5.41, 5.74) is 5.58. The molecule has 2 unspecified atom stereocenters. The van der Waals surface area contributed by atoms with E-state index in [2.05, 4.69) is 22.5 Å². The van der Waals surface area contributed by atoms with E-state index in [4.69, 9.17) is 10.5 Å². The molecule has 8 nitrogen and oxygen atoms in total. The van der Waals surface area contributed by atoms with Crippen LogP contribution in [0.2, 0.25) is 0 Å². The number of methoxy groups -OCH3 is 1. The zero-order valence-corrected chi connectivity index (χ0v) is 16.7. The van der Waals surface area contributed by atoms with Crippen LogP contribution < -0.4 is 21.1 Å². The minimum atomic E-state index is -0.896. The normalized spacial score (nSPS) is 25.5. The molecule has 3 rings (SSSR count). The van der Waals surface area contributed by atoms with E-state index in [9.17, 15) is 9.59 Å². The van der Waals surface area contributed by atoms with Gasteiger partial charge >= 0.3 is 6.03 Å². The molecule has 8 heteroatoms. The molecule has 2 heterocycles. The summed E-state index contributed by atoms with van der Waals surface area (Å²) < 4.78 is 5.20. The summed E-state index contributed by atoms with van der Waals surface area (Å²) >= 11 is 0. The van der Waals surface area contributed by atoms with E-state index in [1.165, 1.54) is 0 Å². The topological polar surface area (TPSA) is 99.9 Å². The Labute approximate surface area is 166 Å². The van der Waals surface area contributed by atoms with Crippen molar-refractivity contribution in [1.82, 2.24) is 15.1 Å². The first kappa shape index (κ1) is 20.4. The van der Waals surface area contributed by atoms with Crippen LogP contribution in [0.15, 0.2) is 24.3 Å². The molecular weight excluding hydrogens is 358 g/mol. The zero-order chi connectivity index (χ0) is 20.1. The number of urea groups is 1. The first-order valence-corrected chi connectivity index (χ1v) is 9.96. The number of rotatable bonds is 6. The summed E-state index contributed by atoms with van der Waals surface area (Å²) in [6, 6.07) is 7.28. The number of nitrogens with two attached hydrogens (primary N) is 1. The summed E-state index contributed by atoms with van der Waals surface area (Å²) in [6.45, 7) is 5.47. The third-order valence-corrected chi connectivity index (χ3v) is 5.88. The van der Waals surface area contributed by atoms with Gasteiger partial charge in [0.1, 0.15) is 11.3 Å². The SMILES string of the molecule is CCN1CCCC1CC1(C(N)=O)CN(C(=O)Nc2cccc(OC)c2)CCN1. The number of anilines is 1. The molecule has 0 bridgehead atoms. The zero-order valence-electron chi connectivity index (χ0n) is 16.7. The number of piperazine rings is 1. The van der Waals surface area contributed by atoms with Crippen molar-refractivity contribution in [3.63, 3.8) is 0 Å². The number of carbonyl (C=O) groups excluding carboxylic acids is 2. The Kier molecular flexibility index (Phi) is 6.41. The van der Waals surface area contributed by atoms with Crippen LogP contribution in [0, 0.1) is 0 Å². The van der Waals surface area contributed by atoms with Gasteiger partial charge in [0.15, 0.2) is 0 Å². The molecule has 154 valence electrons. The van der Waals surface area contributed by atoms with Crippen molar-refractivity contribution in [3.8, 4) is 5.75 Å². The molecule has 2 aliphatic heterocycles. The maximum absolute atomic E-state index is 12.8. The van der Waals surface area contributed by atoms with Gasteiger partial charge in [0.2, 0.25) is 5.91 Å². The predicted molar refractivity (Wildman–Crippen MR) is 108 cm³/mol. The summed E-state index contributed by atoms with van der Waals surface area (Å²) in [6.07, 6.45) is 2.81. The highest BCUT2D eigenvalue weighted by Gasteiger charge is 2.45. The van der Waals surface area contributed by atoms with Crippen LogP contribution in [-0.2, 0) is 4.79 Å². The van der Waals surface area contributed by atoms with Gasteiger partial charge < -0.3 is 30.9 Å². The van der Waals surface area contributed by atoms with Crippen LogP contribution >= 0.6 is 0 Å². The molecule has 0 radical (unpaired) electrons. The Morgan fingerprint density at radius 3 is 2.93 bits per heavy atom. The van der Waals surface area contributed by atoms with Crippen molar-refractivity contribution in [2.45, 2.75) is 37.8 Å². The lowest BCUT2D eigenvalue weighted by molar-refractivity contribution is -0.126. The average Bonchev–Trinajstić information content (AvgIpc) is 3.15. The average molecular weight is 390 g/mol. The lowest BCUT2D eigenvalue weighted by Gasteiger charge is -2.43. The molecule has 3 amide bonds. The van der Waals surface area contributed by atoms with Gasteiger partial charge in [-0.1, -0.05) is 13.0 Å². The van der Waals surface area contributed by atoms with Crippen molar-refractivity contribution < 1.29 is 14.3 Å². The van der Waals surface area contributed by atoms with Gasteiger partial charge in [0, 0.05) is 37.4 Å². The second-order valence-electron chi connectivity index (χ2n) is 7.59. The quantitative estimate of drug-likeness (QED) is 0.680. The summed E-state index contributed by atoms with van der Waals surface area (Å²) in [5.74, 6) is 0.278. The van der Waals surface area contributed by atoms with E-state index in [1.807, 2.05) is 18.2 Å². The molecule has 2 fully saturated rings. The van der Waals surface area contributed by atoms with Crippen molar-refractivity contribution in [2.24, 2.45) is 5.73 Å². The summed E-state index contributed by atoms with van der Waals surface area (Å²) in [4.78, 5) is 29.3. The molecule has 4 N–H and O–H groups in total. The maximum Gasteiger partial charge on any atom is 0.321 e. The Balaban J connectivity index is 1.70. The Bertz CT molecular complexity index is 713. The molecule has 0 aromatic heterocycles. The molecule has 1 aromatic rings. The molecule has 28 heavy (non-hydrogen) atoms. The van der Waals surface area contributed by atoms with E-state index in [0.29, 0.717) is 37.0 Å². The smallest absolute Gasteiger partial charge is 0.321 e. The lowest BCUT2D eigenvalue weighted by atomic mass is 9.86.